The van der Waals surface area contributed by atoms with Crippen molar-refractivity contribution in [2.45, 2.75) is 51.0 Å². The van der Waals surface area contributed by atoms with Gasteiger partial charge >= 0.3 is 0 Å². The summed E-state index contributed by atoms with van der Waals surface area (Å²) >= 11 is 0. The summed E-state index contributed by atoms with van der Waals surface area (Å²) in [5, 5.41) is 0. The van der Waals surface area contributed by atoms with Gasteiger partial charge in [0.2, 0.25) is 0 Å². The third-order valence-corrected chi connectivity index (χ3v) is 5.62. The highest BCUT2D eigenvalue weighted by Gasteiger charge is 2.31. The minimum Gasteiger partial charge on any atom is -0.326 e. The SMILES string of the molecule is NCc1cccc(C2CCC(C(=O)CCC3C(=O)C=CC3=O)CC2)c1. The second kappa shape index (κ2) is 7.87. The average molecular weight is 339 g/mol. The zero-order chi connectivity index (χ0) is 17.8. The summed E-state index contributed by atoms with van der Waals surface area (Å²) < 4.78 is 0. The van der Waals surface area contributed by atoms with Crippen molar-refractivity contribution in [3.63, 3.8) is 0 Å². The van der Waals surface area contributed by atoms with Crippen LogP contribution in [-0.4, -0.2) is 17.3 Å². The topological polar surface area (TPSA) is 77.2 Å². The standard InChI is InChI=1S/C21H25NO3/c22-13-14-2-1-3-17(12-14)15-4-6-16(7-5-15)19(23)9-8-18-20(24)10-11-21(18)25/h1-3,10-12,15-16,18H,4-9,13,22H2. The fourth-order valence-corrected chi connectivity index (χ4v) is 4.03. The number of carbonyl (C=O) groups excluding carboxylic acids is 3. The molecule has 0 radical (unpaired) electrons. The Balaban J connectivity index is 1.49. The highest BCUT2D eigenvalue weighted by atomic mass is 16.2. The second-order valence-electron chi connectivity index (χ2n) is 7.19. The van der Waals surface area contributed by atoms with Gasteiger partial charge in [-0.15, -0.1) is 0 Å². The summed E-state index contributed by atoms with van der Waals surface area (Å²) in [5.74, 6) is -0.130. The monoisotopic (exact) mass is 339 g/mol. The maximum absolute atomic E-state index is 12.5. The summed E-state index contributed by atoms with van der Waals surface area (Å²) in [6.07, 6.45) is 7.16. The van der Waals surface area contributed by atoms with Crippen molar-refractivity contribution in [1.29, 1.82) is 0 Å². The van der Waals surface area contributed by atoms with Gasteiger partial charge in [-0.3, -0.25) is 14.4 Å². The first-order valence-electron chi connectivity index (χ1n) is 9.16. The molecule has 1 aromatic carbocycles. The number of rotatable bonds is 6. The van der Waals surface area contributed by atoms with E-state index in [-0.39, 0.29) is 23.3 Å². The van der Waals surface area contributed by atoms with Crippen LogP contribution in [0.4, 0.5) is 0 Å². The lowest BCUT2D eigenvalue weighted by atomic mass is 9.76. The van der Waals surface area contributed by atoms with Crippen LogP contribution in [0.25, 0.3) is 0 Å². The van der Waals surface area contributed by atoms with Crippen LogP contribution < -0.4 is 5.73 Å². The Bertz CT molecular complexity index is 681. The minimum atomic E-state index is -0.612. The van der Waals surface area contributed by atoms with Crippen LogP contribution in [0.1, 0.15) is 55.6 Å². The number of Topliss-reactive ketones (excluding diaryl/α,β-unsaturated/α-hetero) is 1. The predicted octanol–water partition coefficient (Wildman–Crippen LogP) is 3.09. The third-order valence-electron chi connectivity index (χ3n) is 5.62. The minimum absolute atomic E-state index is 0.0773. The van der Waals surface area contributed by atoms with Gasteiger partial charge in [0.05, 0.1) is 5.92 Å². The van der Waals surface area contributed by atoms with E-state index < -0.39 is 5.92 Å². The molecule has 0 aliphatic heterocycles. The molecule has 0 amide bonds. The number of hydrogen-bond acceptors (Lipinski definition) is 4. The smallest absolute Gasteiger partial charge is 0.166 e. The molecule has 0 bridgehead atoms. The molecule has 2 N–H and O–H groups in total. The van der Waals surface area contributed by atoms with E-state index in [2.05, 4.69) is 18.2 Å². The van der Waals surface area contributed by atoms with Gasteiger partial charge in [0.15, 0.2) is 11.6 Å². The molecule has 4 heteroatoms. The predicted molar refractivity (Wildman–Crippen MR) is 95.9 cm³/mol. The molecule has 1 saturated carbocycles. The van der Waals surface area contributed by atoms with Gasteiger partial charge in [-0.2, -0.15) is 0 Å². The number of ketones is 3. The lowest BCUT2D eigenvalue weighted by Crippen LogP contribution is -2.23. The zero-order valence-corrected chi connectivity index (χ0v) is 14.4. The third kappa shape index (κ3) is 4.13. The Morgan fingerprint density at radius 2 is 1.72 bits per heavy atom. The number of hydrogen-bond donors (Lipinski definition) is 1. The van der Waals surface area contributed by atoms with Crippen LogP contribution in [0.15, 0.2) is 36.4 Å². The summed E-state index contributed by atoms with van der Waals surface area (Å²) in [4.78, 5) is 35.6. The molecule has 1 fully saturated rings. The number of allylic oxidation sites excluding steroid dienone is 2. The largest absolute Gasteiger partial charge is 0.326 e. The molecule has 1 aromatic rings. The van der Waals surface area contributed by atoms with E-state index in [0.29, 0.717) is 25.3 Å². The van der Waals surface area contributed by atoms with E-state index in [9.17, 15) is 14.4 Å². The Kier molecular flexibility index (Phi) is 5.59. The fourth-order valence-electron chi connectivity index (χ4n) is 4.03. The Morgan fingerprint density at radius 1 is 1.04 bits per heavy atom. The Morgan fingerprint density at radius 3 is 2.36 bits per heavy atom. The van der Waals surface area contributed by atoms with Crippen LogP contribution >= 0.6 is 0 Å². The molecule has 2 aliphatic carbocycles. The molecule has 2 aliphatic rings. The normalized spacial score (nSPS) is 24.0. The average Bonchev–Trinajstić information content (AvgIpc) is 2.97. The summed E-state index contributed by atoms with van der Waals surface area (Å²) in [5.41, 5.74) is 8.19. The number of carbonyl (C=O) groups is 3. The molecule has 0 spiro atoms. The van der Waals surface area contributed by atoms with E-state index in [1.807, 2.05) is 6.07 Å². The van der Waals surface area contributed by atoms with Crippen molar-refractivity contribution in [2.75, 3.05) is 0 Å². The lowest BCUT2D eigenvalue weighted by molar-refractivity contribution is -0.127. The van der Waals surface area contributed by atoms with Crippen LogP contribution in [0, 0.1) is 11.8 Å². The van der Waals surface area contributed by atoms with Crippen molar-refractivity contribution in [2.24, 2.45) is 17.6 Å². The van der Waals surface area contributed by atoms with Gasteiger partial charge in [0.25, 0.3) is 0 Å². The number of nitrogens with two attached hydrogens (primary N) is 1. The molecular weight excluding hydrogens is 314 g/mol. The molecule has 25 heavy (non-hydrogen) atoms. The molecule has 0 saturated heterocycles. The van der Waals surface area contributed by atoms with Crippen molar-refractivity contribution in [3.05, 3.63) is 47.5 Å². The molecule has 4 nitrogen and oxygen atoms in total. The first-order chi connectivity index (χ1) is 12.1. The summed E-state index contributed by atoms with van der Waals surface area (Å²) in [6, 6.07) is 8.42. The van der Waals surface area contributed by atoms with Crippen LogP contribution in [0.2, 0.25) is 0 Å². The molecule has 0 atom stereocenters. The van der Waals surface area contributed by atoms with Crippen LogP contribution in [0.5, 0.6) is 0 Å². The highest BCUT2D eigenvalue weighted by molar-refractivity contribution is 6.18. The Hall–Kier alpha value is -2.07. The quantitative estimate of drug-likeness (QED) is 0.808. The van der Waals surface area contributed by atoms with E-state index in [1.165, 1.54) is 17.7 Å². The van der Waals surface area contributed by atoms with Gasteiger partial charge in [-0.1, -0.05) is 24.3 Å². The second-order valence-corrected chi connectivity index (χ2v) is 7.19. The van der Waals surface area contributed by atoms with Gasteiger partial charge in [0.1, 0.15) is 5.78 Å². The summed E-state index contributed by atoms with van der Waals surface area (Å²) in [6.45, 7) is 0.551. The van der Waals surface area contributed by atoms with Gasteiger partial charge in [-0.05, 0) is 61.3 Å². The molecule has 0 aromatic heterocycles. The van der Waals surface area contributed by atoms with Gasteiger partial charge in [0, 0.05) is 18.9 Å². The van der Waals surface area contributed by atoms with Crippen molar-refractivity contribution >= 4 is 17.3 Å². The van der Waals surface area contributed by atoms with Crippen molar-refractivity contribution in [1.82, 2.24) is 0 Å². The van der Waals surface area contributed by atoms with Gasteiger partial charge < -0.3 is 5.73 Å². The maximum Gasteiger partial charge on any atom is 0.166 e. The van der Waals surface area contributed by atoms with E-state index in [4.69, 9.17) is 5.73 Å². The summed E-state index contributed by atoms with van der Waals surface area (Å²) in [7, 11) is 0. The van der Waals surface area contributed by atoms with Crippen molar-refractivity contribution in [3.8, 4) is 0 Å². The molecular formula is C21H25NO3. The maximum atomic E-state index is 12.5. The van der Waals surface area contributed by atoms with Crippen molar-refractivity contribution < 1.29 is 14.4 Å². The first kappa shape index (κ1) is 17.7. The van der Waals surface area contributed by atoms with E-state index in [1.54, 1.807) is 0 Å². The highest BCUT2D eigenvalue weighted by Crippen LogP contribution is 2.37. The van der Waals surface area contributed by atoms with E-state index >= 15 is 0 Å². The molecule has 0 unspecified atom stereocenters. The lowest BCUT2D eigenvalue weighted by Gasteiger charge is -2.28. The first-order valence-corrected chi connectivity index (χ1v) is 9.16. The van der Waals surface area contributed by atoms with Gasteiger partial charge in [-0.25, -0.2) is 0 Å². The molecule has 132 valence electrons. The molecule has 3 rings (SSSR count). The number of benzene rings is 1. The fraction of sp³-hybridized carbons (Fsp3) is 0.476. The van der Waals surface area contributed by atoms with Crippen LogP contribution in [0.3, 0.4) is 0 Å². The van der Waals surface area contributed by atoms with E-state index in [0.717, 1.165) is 31.2 Å². The Labute approximate surface area is 148 Å². The van der Waals surface area contributed by atoms with Crippen LogP contribution in [-0.2, 0) is 20.9 Å². The zero-order valence-electron chi connectivity index (χ0n) is 14.4. The molecule has 0 heterocycles.